The summed E-state index contributed by atoms with van der Waals surface area (Å²) >= 11 is 2.01. The van der Waals surface area contributed by atoms with E-state index in [1.165, 1.54) is 25.8 Å². The number of hydrogen-bond acceptors (Lipinski definition) is 4. The Morgan fingerprint density at radius 3 is 2.25 bits per heavy atom. The van der Waals surface area contributed by atoms with Crippen LogP contribution in [0.3, 0.4) is 0 Å². The third-order valence-electron chi connectivity index (χ3n) is 6.13. The molecule has 184 valence electrons. The highest BCUT2D eigenvalue weighted by atomic mass is 32.2. The van der Waals surface area contributed by atoms with Crippen molar-refractivity contribution in [2.45, 2.75) is 62.9 Å². The van der Waals surface area contributed by atoms with E-state index in [-0.39, 0.29) is 10.8 Å². The fraction of sp³-hybridized carbons (Fsp3) is 0.739. The van der Waals surface area contributed by atoms with Gasteiger partial charge in [-0.05, 0) is 87.6 Å². The van der Waals surface area contributed by atoms with Crippen molar-refractivity contribution in [1.82, 2.24) is 9.62 Å². The summed E-state index contributed by atoms with van der Waals surface area (Å²) in [4.78, 5) is 2.28. The number of rotatable bonds is 13. The second-order valence-electron chi connectivity index (χ2n) is 8.85. The van der Waals surface area contributed by atoms with Gasteiger partial charge in [0.1, 0.15) is 0 Å². The molecule has 0 aliphatic heterocycles. The SMILES string of the molecule is CCCCCN(C)CCSCC1CCC(CNS(=O)(=O)c2ccc(C(F)(F)F)cc2)CC1. The molecule has 1 fully saturated rings. The third kappa shape index (κ3) is 9.61. The fourth-order valence-corrected chi connectivity index (χ4v) is 6.34. The minimum absolute atomic E-state index is 0.129. The molecule has 0 amide bonds. The van der Waals surface area contributed by atoms with E-state index in [2.05, 4.69) is 23.6 Å². The highest BCUT2D eigenvalue weighted by Gasteiger charge is 2.31. The molecule has 1 N–H and O–H groups in total. The molecule has 9 heteroatoms. The number of benzene rings is 1. The molecule has 0 radical (unpaired) electrons. The zero-order chi connectivity index (χ0) is 23.6. The number of sulfonamides is 1. The average Bonchev–Trinajstić information content (AvgIpc) is 2.76. The van der Waals surface area contributed by atoms with Gasteiger partial charge in [0.05, 0.1) is 10.5 Å². The average molecular weight is 495 g/mol. The molecule has 2 rings (SSSR count). The molecule has 1 aromatic rings. The van der Waals surface area contributed by atoms with Crippen molar-refractivity contribution >= 4 is 21.8 Å². The van der Waals surface area contributed by atoms with Crippen LogP contribution in [0, 0.1) is 11.8 Å². The van der Waals surface area contributed by atoms with Gasteiger partial charge in [-0.15, -0.1) is 0 Å². The maximum Gasteiger partial charge on any atom is 0.416 e. The summed E-state index contributed by atoms with van der Waals surface area (Å²) in [7, 11) is -1.61. The Balaban J connectivity index is 1.64. The van der Waals surface area contributed by atoms with Crippen LogP contribution in [0.5, 0.6) is 0 Å². The van der Waals surface area contributed by atoms with Gasteiger partial charge in [-0.2, -0.15) is 24.9 Å². The predicted molar refractivity (Wildman–Crippen MR) is 126 cm³/mol. The summed E-state index contributed by atoms with van der Waals surface area (Å²) in [5, 5.41) is 0. The molecule has 1 aliphatic carbocycles. The number of nitrogens with one attached hydrogen (secondary N) is 1. The highest BCUT2D eigenvalue weighted by molar-refractivity contribution is 7.99. The molecule has 1 aromatic carbocycles. The van der Waals surface area contributed by atoms with Crippen LogP contribution in [0.4, 0.5) is 13.2 Å². The molecular formula is C23H37F3N2O2S2. The second kappa shape index (κ2) is 13.2. The normalized spacial score (nSPS) is 20.1. The van der Waals surface area contributed by atoms with Crippen molar-refractivity contribution in [2.24, 2.45) is 11.8 Å². The molecule has 32 heavy (non-hydrogen) atoms. The Morgan fingerprint density at radius 1 is 1.03 bits per heavy atom. The summed E-state index contributed by atoms with van der Waals surface area (Å²) in [6, 6.07) is 3.64. The van der Waals surface area contributed by atoms with Crippen molar-refractivity contribution in [1.29, 1.82) is 0 Å². The van der Waals surface area contributed by atoms with Crippen LogP contribution >= 0.6 is 11.8 Å². The van der Waals surface area contributed by atoms with Gasteiger partial charge in [0.25, 0.3) is 0 Å². The first-order valence-electron chi connectivity index (χ1n) is 11.5. The topological polar surface area (TPSA) is 49.4 Å². The quantitative estimate of drug-likeness (QED) is 0.360. The Hall–Kier alpha value is -0.770. The molecule has 4 nitrogen and oxygen atoms in total. The van der Waals surface area contributed by atoms with Crippen LogP contribution < -0.4 is 4.72 Å². The standard InChI is InChI=1S/C23H37F3N2O2S2/c1-3-4-5-14-28(2)15-16-31-18-20-8-6-19(7-9-20)17-27-32(29,30)22-12-10-21(11-13-22)23(24,25)26/h10-13,19-20,27H,3-9,14-18H2,1-2H3. The number of unbranched alkanes of at least 4 members (excludes halogenated alkanes) is 2. The van der Waals surface area contributed by atoms with E-state index in [4.69, 9.17) is 0 Å². The molecule has 1 saturated carbocycles. The van der Waals surface area contributed by atoms with Crippen molar-refractivity contribution in [2.75, 3.05) is 38.2 Å². The maximum absolute atomic E-state index is 12.7. The summed E-state index contributed by atoms with van der Waals surface area (Å²) in [5.41, 5.74) is -0.851. The van der Waals surface area contributed by atoms with Crippen LogP contribution in [0.15, 0.2) is 29.2 Å². The molecule has 0 atom stereocenters. The summed E-state index contributed by atoms with van der Waals surface area (Å²) < 4.78 is 65.4. The van der Waals surface area contributed by atoms with Crippen molar-refractivity contribution < 1.29 is 21.6 Å². The molecule has 0 bridgehead atoms. The second-order valence-corrected chi connectivity index (χ2v) is 11.8. The van der Waals surface area contributed by atoms with Gasteiger partial charge < -0.3 is 4.90 Å². The van der Waals surface area contributed by atoms with E-state index in [9.17, 15) is 21.6 Å². The van der Waals surface area contributed by atoms with Gasteiger partial charge in [-0.3, -0.25) is 0 Å². The Bertz CT molecular complexity index is 762. The molecule has 1 aliphatic rings. The predicted octanol–water partition coefficient (Wildman–Crippen LogP) is 5.65. The first-order chi connectivity index (χ1) is 15.1. The summed E-state index contributed by atoms with van der Waals surface area (Å²) in [6.45, 7) is 4.85. The van der Waals surface area contributed by atoms with Gasteiger partial charge in [0, 0.05) is 18.8 Å². The lowest BCUT2D eigenvalue weighted by atomic mass is 9.83. The van der Waals surface area contributed by atoms with Crippen LogP contribution in [0.25, 0.3) is 0 Å². The lowest BCUT2D eigenvalue weighted by Gasteiger charge is -2.28. The monoisotopic (exact) mass is 494 g/mol. The number of halogens is 3. The molecule has 0 spiro atoms. The van der Waals surface area contributed by atoms with E-state index < -0.39 is 21.8 Å². The largest absolute Gasteiger partial charge is 0.416 e. The van der Waals surface area contributed by atoms with E-state index in [0.717, 1.165) is 68.0 Å². The van der Waals surface area contributed by atoms with Gasteiger partial charge in [0.15, 0.2) is 0 Å². The Kier molecular flexibility index (Phi) is 11.3. The Labute approximate surface area is 195 Å². The van der Waals surface area contributed by atoms with Gasteiger partial charge in [0.2, 0.25) is 10.0 Å². The van der Waals surface area contributed by atoms with E-state index in [1.807, 2.05) is 11.8 Å². The minimum atomic E-state index is -4.47. The van der Waals surface area contributed by atoms with E-state index in [0.29, 0.717) is 12.5 Å². The van der Waals surface area contributed by atoms with E-state index >= 15 is 0 Å². The van der Waals surface area contributed by atoms with Gasteiger partial charge >= 0.3 is 6.18 Å². The van der Waals surface area contributed by atoms with Crippen molar-refractivity contribution in [3.05, 3.63) is 29.8 Å². The summed E-state index contributed by atoms with van der Waals surface area (Å²) in [5.74, 6) is 3.28. The van der Waals surface area contributed by atoms with Crippen LogP contribution in [0.1, 0.15) is 57.4 Å². The number of nitrogens with zero attached hydrogens (tertiary/aromatic N) is 1. The smallest absolute Gasteiger partial charge is 0.306 e. The first-order valence-corrected chi connectivity index (χ1v) is 14.2. The Morgan fingerprint density at radius 2 is 1.66 bits per heavy atom. The van der Waals surface area contributed by atoms with Crippen molar-refractivity contribution in [3.8, 4) is 0 Å². The van der Waals surface area contributed by atoms with Gasteiger partial charge in [-0.25, -0.2) is 13.1 Å². The first kappa shape index (κ1) is 27.5. The molecule has 0 aromatic heterocycles. The third-order valence-corrected chi connectivity index (χ3v) is 8.75. The molecule has 0 saturated heterocycles. The molecule has 0 heterocycles. The van der Waals surface area contributed by atoms with Crippen LogP contribution in [-0.4, -0.2) is 51.5 Å². The highest BCUT2D eigenvalue weighted by Crippen LogP contribution is 2.32. The van der Waals surface area contributed by atoms with E-state index in [1.54, 1.807) is 0 Å². The van der Waals surface area contributed by atoms with Crippen LogP contribution in [0.2, 0.25) is 0 Å². The van der Waals surface area contributed by atoms with Crippen molar-refractivity contribution in [3.63, 3.8) is 0 Å². The molecular weight excluding hydrogens is 457 g/mol. The zero-order valence-electron chi connectivity index (χ0n) is 19.2. The molecule has 0 unspecified atom stereocenters. The zero-order valence-corrected chi connectivity index (χ0v) is 20.8. The maximum atomic E-state index is 12.7. The fourth-order valence-electron chi connectivity index (χ4n) is 3.95. The lowest BCUT2D eigenvalue weighted by molar-refractivity contribution is -0.137. The minimum Gasteiger partial charge on any atom is -0.306 e. The number of alkyl halides is 3. The lowest BCUT2D eigenvalue weighted by Crippen LogP contribution is -2.31. The summed E-state index contributed by atoms with van der Waals surface area (Å²) in [6.07, 6.45) is 3.51. The number of hydrogen-bond donors (Lipinski definition) is 1. The van der Waals surface area contributed by atoms with Gasteiger partial charge in [-0.1, -0.05) is 19.8 Å². The number of thioether (sulfide) groups is 1. The van der Waals surface area contributed by atoms with Crippen LogP contribution in [-0.2, 0) is 16.2 Å².